The van der Waals surface area contributed by atoms with E-state index < -0.39 is 0 Å². The summed E-state index contributed by atoms with van der Waals surface area (Å²) in [6.07, 6.45) is 3.56. The van der Waals surface area contributed by atoms with Crippen LogP contribution in [0.1, 0.15) is 21.5 Å². The van der Waals surface area contributed by atoms with Crippen molar-refractivity contribution in [2.24, 2.45) is 0 Å². The van der Waals surface area contributed by atoms with Crippen LogP contribution in [0.2, 0.25) is 0 Å². The Morgan fingerprint density at radius 2 is 2.00 bits per heavy atom. The normalized spacial score (nSPS) is 13.0. The number of hydrogen-bond acceptors (Lipinski definition) is 4. The van der Waals surface area contributed by atoms with E-state index in [2.05, 4.69) is 21.0 Å². The molecule has 4 amide bonds. The molecule has 1 saturated heterocycles. The Morgan fingerprint density at radius 3 is 2.79 bits per heavy atom. The highest BCUT2D eigenvalue weighted by atomic mass is 16.2. The van der Waals surface area contributed by atoms with Gasteiger partial charge in [-0.2, -0.15) is 5.10 Å². The van der Waals surface area contributed by atoms with Gasteiger partial charge in [0.05, 0.1) is 30.2 Å². The molecule has 0 unspecified atom stereocenters. The lowest BCUT2D eigenvalue weighted by atomic mass is 10.1. The number of benzene rings is 2. The molecule has 4 rings (SSSR count). The summed E-state index contributed by atoms with van der Waals surface area (Å²) in [5, 5.41) is 12.7. The van der Waals surface area contributed by atoms with Crippen LogP contribution in [0.15, 0.2) is 60.9 Å². The van der Waals surface area contributed by atoms with Crippen molar-refractivity contribution in [1.29, 1.82) is 0 Å². The van der Waals surface area contributed by atoms with Gasteiger partial charge >= 0.3 is 6.03 Å². The number of nitrogens with zero attached hydrogens (tertiary/aromatic N) is 3. The topological polar surface area (TPSA) is 108 Å². The van der Waals surface area contributed by atoms with Gasteiger partial charge in [0, 0.05) is 31.7 Å². The van der Waals surface area contributed by atoms with Crippen LogP contribution < -0.4 is 16.0 Å². The van der Waals surface area contributed by atoms with Crippen LogP contribution in [0.4, 0.5) is 10.5 Å². The van der Waals surface area contributed by atoms with E-state index in [1.807, 2.05) is 37.3 Å². The zero-order valence-corrected chi connectivity index (χ0v) is 18.4. The molecule has 9 heteroatoms. The van der Waals surface area contributed by atoms with E-state index in [1.165, 1.54) is 0 Å². The average molecular weight is 447 g/mol. The van der Waals surface area contributed by atoms with Crippen LogP contribution in [0.25, 0.3) is 5.69 Å². The number of nitrogens with one attached hydrogen (secondary N) is 3. The van der Waals surface area contributed by atoms with E-state index in [4.69, 9.17) is 0 Å². The fourth-order valence-corrected chi connectivity index (χ4v) is 3.66. The molecule has 3 N–H and O–H groups in total. The van der Waals surface area contributed by atoms with Crippen molar-refractivity contribution in [1.82, 2.24) is 25.3 Å². The number of urea groups is 1. The molecular weight excluding hydrogens is 420 g/mol. The summed E-state index contributed by atoms with van der Waals surface area (Å²) in [4.78, 5) is 38.1. The summed E-state index contributed by atoms with van der Waals surface area (Å²) < 4.78 is 1.60. The van der Waals surface area contributed by atoms with Gasteiger partial charge in [-0.1, -0.05) is 35.9 Å². The van der Waals surface area contributed by atoms with Crippen LogP contribution in [-0.2, 0) is 11.2 Å². The second kappa shape index (κ2) is 9.99. The second-order valence-electron chi connectivity index (χ2n) is 7.91. The first-order chi connectivity index (χ1) is 16.0. The maximum absolute atomic E-state index is 12.5. The van der Waals surface area contributed by atoms with Crippen molar-refractivity contribution >= 4 is 23.5 Å². The second-order valence-corrected chi connectivity index (χ2v) is 7.91. The molecule has 33 heavy (non-hydrogen) atoms. The summed E-state index contributed by atoms with van der Waals surface area (Å²) >= 11 is 0. The molecule has 1 aromatic heterocycles. The minimum atomic E-state index is -0.227. The third-order valence-electron chi connectivity index (χ3n) is 5.30. The standard InChI is InChI=1S/C24H26N6O3/c1-17-4-2-5-18(12-17)13-22(31)28-20-15-27-30(16-20)21-7-3-6-19(14-21)23(32)25-8-10-29-11-9-26-24(29)33/h2-7,12,14-16H,8-11,13H2,1H3,(H,25,32)(H,26,33)(H,28,31). The number of hydrogen-bond donors (Lipinski definition) is 3. The smallest absolute Gasteiger partial charge is 0.317 e. The van der Waals surface area contributed by atoms with Crippen LogP contribution in [0.5, 0.6) is 0 Å². The number of aromatic nitrogens is 2. The molecule has 9 nitrogen and oxygen atoms in total. The number of carbonyl (C=O) groups is 3. The number of anilines is 1. The fourth-order valence-electron chi connectivity index (χ4n) is 3.66. The van der Waals surface area contributed by atoms with Crippen LogP contribution in [-0.4, -0.2) is 58.7 Å². The zero-order chi connectivity index (χ0) is 23.2. The summed E-state index contributed by atoms with van der Waals surface area (Å²) in [5.41, 5.74) is 3.81. The Labute approximate surface area is 191 Å². The molecule has 0 saturated carbocycles. The summed E-state index contributed by atoms with van der Waals surface area (Å²) in [7, 11) is 0. The van der Waals surface area contributed by atoms with E-state index in [9.17, 15) is 14.4 Å². The van der Waals surface area contributed by atoms with Gasteiger partial charge in [0.2, 0.25) is 5.91 Å². The lowest BCUT2D eigenvalue weighted by Crippen LogP contribution is -2.36. The molecule has 0 radical (unpaired) electrons. The quantitative estimate of drug-likeness (QED) is 0.493. The van der Waals surface area contributed by atoms with Gasteiger partial charge in [-0.15, -0.1) is 0 Å². The van der Waals surface area contributed by atoms with Gasteiger partial charge in [-0.3, -0.25) is 9.59 Å². The summed E-state index contributed by atoms with van der Waals surface area (Å²) in [6.45, 7) is 4.10. The van der Waals surface area contributed by atoms with Crippen LogP contribution in [0, 0.1) is 6.92 Å². The monoisotopic (exact) mass is 446 g/mol. The minimum Gasteiger partial charge on any atom is -0.350 e. The number of aryl methyl sites for hydroxylation is 1. The number of carbonyl (C=O) groups excluding carboxylic acids is 3. The van der Waals surface area contributed by atoms with E-state index in [1.54, 1.807) is 40.2 Å². The molecule has 0 spiro atoms. The van der Waals surface area contributed by atoms with Crippen molar-refractivity contribution in [3.63, 3.8) is 0 Å². The first-order valence-corrected chi connectivity index (χ1v) is 10.8. The van der Waals surface area contributed by atoms with Crippen molar-refractivity contribution < 1.29 is 14.4 Å². The van der Waals surface area contributed by atoms with E-state index in [-0.39, 0.29) is 24.3 Å². The Bertz CT molecular complexity index is 1170. The van der Waals surface area contributed by atoms with Gasteiger partial charge in [0.1, 0.15) is 0 Å². The highest BCUT2D eigenvalue weighted by Crippen LogP contribution is 2.14. The van der Waals surface area contributed by atoms with Gasteiger partial charge in [-0.25, -0.2) is 9.48 Å². The Hall–Kier alpha value is -4.14. The van der Waals surface area contributed by atoms with Crippen LogP contribution in [0.3, 0.4) is 0 Å². The molecule has 1 fully saturated rings. The Balaban J connectivity index is 1.34. The van der Waals surface area contributed by atoms with Gasteiger partial charge in [0.15, 0.2) is 0 Å². The molecule has 0 bridgehead atoms. The molecule has 0 aliphatic carbocycles. The van der Waals surface area contributed by atoms with Crippen molar-refractivity contribution in [3.05, 3.63) is 77.6 Å². The highest BCUT2D eigenvalue weighted by molar-refractivity contribution is 5.95. The number of rotatable bonds is 8. The fraction of sp³-hybridized carbons (Fsp3) is 0.250. The third-order valence-corrected chi connectivity index (χ3v) is 5.30. The molecular formula is C24H26N6O3. The lowest BCUT2D eigenvalue weighted by molar-refractivity contribution is -0.115. The van der Waals surface area contributed by atoms with Gasteiger partial charge < -0.3 is 20.9 Å². The molecule has 170 valence electrons. The Kier molecular flexibility index (Phi) is 6.68. The highest BCUT2D eigenvalue weighted by Gasteiger charge is 2.19. The molecule has 3 aromatic rings. The van der Waals surface area contributed by atoms with Gasteiger partial charge in [0.25, 0.3) is 5.91 Å². The van der Waals surface area contributed by atoms with E-state index in [0.717, 1.165) is 11.1 Å². The minimum absolute atomic E-state index is 0.105. The predicted molar refractivity (Wildman–Crippen MR) is 124 cm³/mol. The molecule has 1 aliphatic heterocycles. The molecule has 2 heterocycles. The number of amides is 4. The van der Waals surface area contributed by atoms with Crippen LogP contribution >= 0.6 is 0 Å². The zero-order valence-electron chi connectivity index (χ0n) is 18.4. The molecule has 1 aliphatic rings. The first-order valence-electron chi connectivity index (χ1n) is 10.8. The van der Waals surface area contributed by atoms with Crippen molar-refractivity contribution in [2.45, 2.75) is 13.3 Å². The summed E-state index contributed by atoms with van der Waals surface area (Å²) in [6, 6.07) is 14.8. The van der Waals surface area contributed by atoms with Gasteiger partial charge in [-0.05, 0) is 30.7 Å². The Morgan fingerprint density at radius 1 is 1.15 bits per heavy atom. The van der Waals surface area contributed by atoms with Crippen molar-refractivity contribution in [2.75, 3.05) is 31.5 Å². The van der Waals surface area contributed by atoms with E-state index in [0.29, 0.717) is 43.1 Å². The third kappa shape index (κ3) is 5.76. The predicted octanol–water partition coefficient (Wildman–Crippen LogP) is 2.12. The molecule has 0 atom stereocenters. The summed E-state index contributed by atoms with van der Waals surface area (Å²) in [5.74, 6) is -0.352. The molecule has 2 aromatic carbocycles. The largest absolute Gasteiger partial charge is 0.350 e. The average Bonchev–Trinajstić information content (AvgIpc) is 3.43. The maximum Gasteiger partial charge on any atom is 0.317 e. The van der Waals surface area contributed by atoms with Crippen molar-refractivity contribution in [3.8, 4) is 5.69 Å². The first kappa shape index (κ1) is 22.1. The SMILES string of the molecule is Cc1cccc(CC(=O)Nc2cnn(-c3cccc(C(=O)NCCN4CCNC4=O)c3)c2)c1. The lowest BCUT2D eigenvalue weighted by Gasteiger charge is -2.14. The van der Waals surface area contributed by atoms with E-state index >= 15 is 0 Å². The maximum atomic E-state index is 12.5.